The summed E-state index contributed by atoms with van der Waals surface area (Å²) >= 11 is 0. The molecule has 0 aliphatic carbocycles. The lowest BCUT2D eigenvalue weighted by Crippen LogP contribution is -2.09. The summed E-state index contributed by atoms with van der Waals surface area (Å²) in [5, 5.41) is 9.08. The lowest BCUT2D eigenvalue weighted by molar-refractivity contribution is -0.137. The highest BCUT2D eigenvalue weighted by atomic mass is 19.1. The van der Waals surface area contributed by atoms with Crippen molar-refractivity contribution in [2.24, 2.45) is 0 Å². The molecule has 0 radical (unpaired) electrons. The van der Waals surface area contributed by atoms with Crippen molar-refractivity contribution >= 4 is 5.97 Å². The third kappa shape index (κ3) is 4.92. The molecule has 0 bridgehead atoms. The Kier molecular flexibility index (Phi) is 6.99. The van der Waals surface area contributed by atoms with E-state index in [1.54, 1.807) is 0 Å². The second-order valence-corrected chi connectivity index (χ2v) is 5.02. The summed E-state index contributed by atoms with van der Waals surface area (Å²) in [6.45, 7) is 2.08. The van der Waals surface area contributed by atoms with Gasteiger partial charge in [-0.05, 0) is 18.4 Å². The molecule has 0 amide bonds. The zero-order chi connectivity index (χ0) is 15.8. The first kappa shape index (κ1) is 17.3. The van der Waals surface area contributed by atoms with Gasteiger partial charge in [-0.3, -0.25) is 4.79 Å². The maximum Gasteiger partial charge on any atom is 0.303 e. The number of carbonyl (C=O) groups is 1. The number of carboxylic acid groups (broad SMARTS) is 1. The van der Waals surface area contributed by atoms with Gasteiger partial charge in [-0.25, -0.2) is 4.39 Å². The van der Waals surface area contributed by atoms with Crippen LogP contribution in [-0.2, 0) is 4.79 Å². The second-order valence-electron chi connectivity index (χ2n) is 5.02. The Balaban J connectivity index is 3.09. The Bertz CT molecular complexity index is 474. The average molecular weight is 298 g/mol. The van der Waals surface area contributed by atoms with Gasteiger partial charge in [0.1, 0.15) is 5.75 Å². The van der Waals surface area contributed by atoms with E-state index in [1.807, 2.05) is 0 Å². The van der Waals surface area contributed by atoms with Crippen molar-refractivity contribution in [1.82, 2.24) is 0 Å². The Morgan fingerprint density at radius 1 is 1.24 bits per heavy atom. The molecule has 1 N–H and O–H groups in total. The highest BCUT2D eigenvalue weighted by molar-refractivity contribution is 5.68. The average Bonchev–Trinajstić information content (AvgIpc) is 2.45. The molecule has 5 heteroatoms. The number of ether oxygens (including phenoxy) is 2. The fraction of sp³-hybridized carbons (Fsp3) is 0.562. The minimum Gasteiger partial charge on any atom is -0.496 e. The highest BCUT2D eigenvalue weighted by Crippen LogP contribution is 2.37. The molecule has 1 atom stereocenters. The van der Waals surface area contributed by atoms with Crippen LogP contribution in [0, 0.1) is 5.82 Å². The molecule has 4 nitrogen and oxygen atoms in total. The van der Waals surface area contributed by atoms with E-state index < -0.39 is 11.8 Å². The number of methoxy groups -OCH3 is 2. The van der Waals surface area contributed by atoms with Gasteiger partial charge in [0.05, 0.1) is 20.6 Å². The van der Waals surface area contributed by atoms with E-state index in [0.29, 0.717) is 17.7 Å². The lowest BCUT2D eigenvalue weighted by atomic mass is 9.89. The molecule has 21 heavy (non-hydrogen) atoms. The van der Waals surface area contributed by atoms with E-state index in [1.165, 1.54) is 26.4 Å². The van der Waals surface area contributed by atoms with Crippen molar-refractivity contribution in [2.45, 2.75) is 44.9 Å². The van der Waals surface area contributed by atoms with E-state index in [9.17, 15) is 9.18 Å². The number of hydrogen-bond acceptors (Lipinski definition) is 3. The monoisotopic (exact) mass is 298 g/mol. The maximum absolute atomic E-state index is 13.9. The number of hydrogen-bond donors (Lipinski definition) is 1. The SMILES string of the molecule is CCCCCC(CC(=O)O)c1cc(F)c(OC)cc1OC. The molecule has 0 aliphatic rings. The molecule has 118 valence electrons. The van der Waals surface area contributed by atoms with Gasteiger partial charge < -0.3 is 14.6 Å². The first-order valence-corrected chi connectivity index (χ1v) is 7.16. The fourth-order valence-corrected chi connectivity index (χ4v) is 2.42. The molecule has 1 aromatic rings. The Labute approximate surface area is 124 Å². The number of rotatable bonds is 9. The predicted octanol–water partition coefficient (Wildman–Crippen LogP) is 3.98. The molecule has 0 spiro atoms. The van der Waals surface area contributed by atoms with Crippen molar-refractivity contribution in [3.63, 3.8) is 0 Å². The molecule has 1 aromatic carbocycles. The van der Waals surface area contributed by atoms with E-state index in [4.69, 9.17) is 14.6 Å². The Morgan fingerprint density at radius 3 is 2.43 bits per heavy atom. The van der Waals surface area contributed by atoms with E-state index in [-0.39, 0.29) is 18.1 Å². The van der Waals surface area contributed by atoms with Crippen LogP contribution in [0.2, 0.25) is 0 Å². The van der Waals surface area contributed by atoms with Crippen LogP contribution in [0.4, 0.5) is 4.39 Å². The summed E-state index contributed by atoms with van der Waals surface area (Å²) in [7, 11) is 2.87. The molecule has 1 unspecified atom stereocenters. The van der Waals surface area contributed by atoms with Crippen molar-refractivity contribution in [3.05, 3.63) is 23.5 Å². The van der Waals surface area contributed by atoms with E-state index in [0.717, 1.165) is 19.3 Å². The minimum absolute atomic E-state index is 0.0359. The Hall–Kier alpha value is -1.78. The third-order valence-electron chi connectivity index (χ3n) is 3.52. The van der Waals surface area contributed by atoms with Crippen molar-refractivity contribution < 1.29 is 23.8 Å². The number of halogens is 1. The maximum atomic E-state index is 13.9. The van der Waals surface area contributed by atoms with Gasteiger partial charge in [0.2, 0.25) is 0 Å². The topological polar surface area (TPSA) is 55.8 Å². The van der Waals surface area contributed by atoms with Crippen molar-refractivity contribution in [1.29, 1.82) is 0 Å². The molecule has 0 saturated carbocycles. The Morgan fingerprint density at radius 2 is 1.90 bits per heavy atom. The van der Waals surface area contributed by atoms with Gasteiger partial charge in [-0.15, -0.1) is 0 Å². The zero-order valence-corrected chi connectivity index (χ0v) is 12.8. The summed E-state index contributed by atoms with van der Waals surface area (Å²) in [5.41, 5.74) is 0.592. The van der Waals surface area contributed by atoms with Crippen LogP contribution < -0.4 is 9.47 Å². The molecule has 0 saturated heterocycles. The first-order valence-electron chi connectivity index (χ1n) is 7.16. The van der Waals surface area contributed by atoms with Crippen LogP contribution in [0.5, 0.6) is 11.5 Å². The summed E-state index contributed by atoms with van der Waals surface area (Å²) in [5.74, 6) is -1.09. The van der Waals surface area contributed by atoms with Crippen molar-refractivity contribution in [2.75, 3.05) is 14.2 Å². The van der Waals surface area contributed by atoms with Crippen LogP contribution >= 0.6 is 0 Å². The van der Waals surface area contributed by atoms with Crippen LogP contribution in [0.15, 0.2) is 12.1 Å². The summed E-state index contributed by atoms with van der Waals surface area (Å²) in [6, 6.07) is 2.80. The molecule has 1 rings (SSSR count). The lowest BCUT2D eigenvalue weighted by Gasteiger charge is -2.19. The zero-order valence-electron chi connectivity index (χ0n) is 12.8. The first-order chi connectivity index (χ1) is 10.0. The third-order valence-corrected chi connectivity index (χ3v) is 3.52. The number of unbranched alkanes of at least 4 members (excludes halogenated alkanes) is 2. The van der Waals surface area contributed by atoms with E-state index >= 15 is 0 Å². The molecule has 0 aliphatic heterocycles. The van der Waals surface area contributed by atoms with Gasteiger partial charge in [0.15, 0.2) is 11.6 Å². The van der Waals surface area contributed by atoms with Crippen LogP contribution in [0.1, 0.15) is 50.5 Å². The molecular formula is C16H23FO4. The number of carboxylic acids is 1. The summed E-state index contributed by atoms with van der Waals surface area (Å²) in [4.78, 5) is 11.1. The summed E-state index contributed by atoms with van der Waals surface area (Å²) < 4.78 is 24.1. The fourth-order valence-electron chi connectivity index (χ4n) is 2.42. The molecule has 0 aromatic heterocycles. The van der Waals surface area contributed by atoms with Crippen LogP contribution in [-0.4, -0.2) is 25.3 Å². The van der Waals surface area contributed by atoms with Crippen LogP contribution in [0.3, 0.4) is 0 Å². The highest BCUT2D eigenvalue weighted by Gasteiger charge is 2.21. The smallest absolute Gasteiger partial charge is 0.303 e. The molecule has 0 heterocycles. The minimum atomic E-state index is -0.894. The second kappa shape index (κ2) is 8.49. The van der Waals surface area contributed by atoms with Crippen molar-refractivity contribution in [3.8, 4) is 11.5 Å². The van der Waals surface area contributed by atoms with Gasteiger partial charge in [-0.2, -0.15) is 0 Å². The quantitative estimate of drug-likeness (QED) is 0.701. The predicted molar refractivity (Wildman–Crippen MR) is 78.6 cm³/mol. The molecule has 0 fully saturated rings. The summed E-state index contributed by atoms with van der Waals surface area (Å²) in [6.07, 6.45) is 3.64. The number of benzene rings is 1. The van der Waals surface area contributed by atoms with Gasteiger partial charge >= 0.3 is 5.97 Å². The van der Waals surface area contributed by atoms with Gasteiger partial charge in [0.25, 0.3) is 0 Å². The van der Waals surface area contributed by atoms with Gasteiger partial charge in [0, 0.05) is 11.6 Å². The molecular weight excluding hydrogens is 275 g/mol. The number of aliphatic carboxylic acids is 1. The normalized spacial score (nSPS) is 12.0. The van der Waals surface area contributed by atoms with E-state index in [2.05, 4.69) is 6.92 Å². The van der Waals surface area contributed by atoms with Gasteiger partial charge in [-0.1, -0.05) is 26.2 Å². The largest absolute Gasteiger partial charge is 0.496 e. The van der Waals surface area contributed by atoms with Crippen LogP contribution in [0.25, 0.3) is 0 Å². The standard InChI is InChI=1S/C16H23FO4/c1-4-5-6-7-11(8-16(18)19)12-9-13(17)15(21-3)10-14(12)20-2/h9-11H,4-8H2,1-3H3,(H,18,19).